The van der Waals surface area contributed by atoms with Crippen LogP contribution in [0, 0.1) is 0 Å². The Morgan fingerprint density at radius 2 is 2.15 bits per heavy atom. The molecule has 1 rings (SSSR count). The van der Waals surface area contributed by atoms with Crippen LogP contribution in [0.1, 0.15) is 36.1 Å². The van der Waals surface area contributed by atoms with E-state index in [-0.39, 0.29) is 11.6 Å². The van der Waals surface area contributed by atoms with Crippen LogP contribution in [0.5, 0.6) is 5.75 Å². The van der Waals surface area contributed by atoms with E-state index in [1.165, 1.54) is 0 Å². The molecule has 5 nitrogen and oxygen atoms in total. The van der Waals surface area contributed by atoms with Gasteiger partial charge in [-0.25, -0.2) is 14.8 Å². The fraction of sp³-hybridized carbons (Fsp3) is 0.375. The number of aromatic nitrogens is 2. The van der Waals surface area contributed by atoms with Crippen molar-refractivity contribution in [2.45, 2.75) is 19.8 Å². The van der Waals surface area contributed by atoms with Gasteiger partial charge in [0.15, 0.2) is 11.4 Å². The highest BCUT2D eigenvalue weighted by Gasteiger charge is 2.14. The van der Waals surface area contributed by atoms with Gasteiger partial charge in [0, 0.05) is 5.92 Å². The van der Waals surface area contributed by atoms with Crippen molar-refractivity contribution in [2.24, 2.45) is 0 Å². The molecule has 2 N–H and O–H groups in total. The molecular formula is C8H10N2O3. The van der Waals surface area contributed by atoms with Crippen LogP contribution in [-0.2, 0) is 0 Å². The van der Waals surface area contributed by atoms with E-state index in [0.717, 1.165) is 6.20 Å². The molecule has 1 heterocycles. The van der Waals surface area contributed by atoms with Crippen molar-refractivity contribution in [1.82, 2.24) is 9.97 Å². The van der Waals surface area contributed by atoms with Crippen LogP contribution in [-0.4, -0.2) is 26.2 Å². The zero-order chi connectivity index (χ0) is 10.0. The number of hydrogen-bond donors (Lipinski definition) is 2. The summed E-state index contributed by atoms with van der Waals surface area (Å²) in [4.78, 5) is 18.1. The lowest BCUT2D eigenvalue weighted by atomic mass is 10.2. The Bertz CT molecular complexity index is 336. The number of hydrogen-bond acceptors (Lipinski definition) is 4. The molecule has 0 aliphatic carbocycles. The van der Waals surface area contributed by atoms with Gasteiger partial charge in [-0.3, -0.25) is 0 Å². The molecule has 0 bridgehead atoms. The van der Waals surface area contributed by atoms with Crippen LogP contribution < -0.4 is 0 Å². The Morgan fingerprint density at radius 1 is 1.54 bits per heavy atom. The smallest absolute Gasteiger partial charge is 0.358 e. The zero-order valence-corrected chi connectivity index (χ0v) is 7.35. The minimum atomic E-state index is -1.25. The number of carboxylic acids is 1. The van der Waals surface area contributed by atoms with Crippen molar-refractivity contribution in [3.63, 3.8) is 0 Å². The van der Waals surface area contributed by atoms with Gasteiger partial charge in [0.1, 0.15) is 5.82 Å². The molecule has 0 amide bonds. The van der Waals surface area contributed by atoms with Crippen LogP contribution in [0.3, 0.4) is 0 Å². The molecule has 0 aliphatic rings. The molecule has 0 radical (unpaired) electrons. The lowest BCUT2D eigenvalue weighted by Crippen LogP contribution is -2.06. The molecule has 13 heavy (non-hydrogen) atoms. The summed E-state index contributed by atoms with van der Waals surface area (Å²) in [5.41, 5.74) is -0.348. The van der Waals surface area contributed by atoms with E-state index in [4.69, 9.17) is 10.2 Å². The third-order valence-electron chi connectivity index (χ3n) is 1.51. The van der Waals surface area contributed by atoms with E-state index in [9.17, 15) is 4.79 Å². The van der Waals surface area contributed by atoms with Gasteiger partial charge in [0.05, 0.1) is 6.20 Å². The molecule has 0 atom stereocenters. The monoisotopic (exact) mass is 182 g/mol. The van der Waals surface area contributed by atoms with Crippen molar-refractivity contribution in [1.29, 1.82) is 0 Å². The first-order valence-corrected chi connectivity index (χ1v) is 3.81. The molecule has 0 aliphatic heterocycles. The number of rotatable bonds is 2. The van der Waals surface area contributed by atoms with E-state index in [0.29, 0.717) is 5.82 Å². The second-order valence-corrected chi connectivity index (χ2v) is 2.92. The first-order valence-electron chi connectivity index (χ1n) is 3.81. The molecule has 0 saturated heterocycles. The second-order valence-electron chi connectivity index (χ2n) is 2.92. The fourth-order valence-corrected chi connectivity index (χ4v) is 0.825. The highest BCUT2D eigenvalue weighted by molar-refractivity contribution is 5.88. The molecule has 5 heteroatoms. The summed E-state index contributed by atoms with van der Waals surface area (Å²) < 4.78 is 0. The molecule has 0 fully saturated rings. The number of carbonyl (C=O) groups is 1. The summed E-state index contributed by atoms with van der Waals surface area (Å²) in [6.07, 6.45) is 1.10. The lowest BCUT2D eigenvalue weighted by molar-refractivity contribution is 0.0686. The molecule has 1 aromatic rings. The van der Waals surface area contributed by atoms with Gasteiger partial charge in [-0.2, -0.15) is 0 Å². The quantitative estimate of drug-likeness (QED) is 0.712. The van der Waals surface area contributed by atoms with Crippen molar-refractivity contribution in [2.75, 3.05) is 0 Å². The first kappa shape index (κ1) is 9.44. The minimum Gasteiger partial charge on any atom is -0.504 e. The van der Waals surface area contributed by atoms with Gasteiger partial charge in [-0.1, -0.05) is 13.8 Å². The van der Waals surface area contributed by atoms with Crippen LogP contribution in [0.25, 0.3) is 0 Å². The summed E-state index contributed by atoms with van der Waals surface area (Å²) in [6.45, 7) is 3.69. The number of aromatic hydroxyl groups is 1. The minimum absolute atomic E-state index is 0.0405. The highest BCUT2D eigenvalue weighted by atomic mass is 16.4. The van der Waals surface area contributed by atoms with Crippen molar-refractivity contribution >= 4 is 5.97 Å². The third-order valence-corrected chi connectivity index (χ3v) is 1.51. The maximum atomic E-state index is 10.5. The zero-order valence-electron chi connectivity index (χ0n) is 7.35. The molecule has 0 aromatic carbocycles. The maximum absolute atomic E-state index is 10.5. The molecule has 1 aromatic heterocycles. The van der Waals surface area contributed by atoms with Crippen LogP contribution in [0.2, 0.25) is 0 Å². The summed E-state index contributed by atoms with van der Waals surface area (Å²) in [5.74, 6) is -1.20. The number of carboxylic acid groups (broad SMARTS) is 1. The standard InChI is InChI=1S/C8H10N2O3/c1-4(2)7-9-3-5(11)6(10-7)8(12)13/h3-4,11H,1-2H3,(H,12,13). The average Bonchev–Trinajstić information content (AvgIpc) is 2.04. The molecule has 0 unspecified atom stereocenters. The van der Waals surface area contributed by atoms with Crippen LogP contribution in [0.4, 0.5) is 0 Å². The van der Waals surface area contributed by atoms with E-state index in [2.05, 4.69) is 9.97 Å². The predicted molar refractivity (Wildman–Crippen MR) is 44.7 cm³/mol. The molecule has 0 spiro atoms. The number of nitrogens with zero attached hydrogens (tertiary/aromatic N) is 2. The lowest BCUT2D eigenvalue weighted by Gasteiger charge is -2.04. The first-order chi connectivity index (χ1) is 6.02. The summed E-state index contributed by atoms with van der Waals surface area (Å²) in [6, 6.07) is 0. The Balaban J connectivity index is 3.19. The largest absolute Gasteiger partial charge is 0.504 e. The Morgan fingerprint density at radius 3 is 2.62 bits per heavy atom. The van der Waals surface area contributed by atoms with E-state index < -0.39 is 11.7 Å². The van der Waals surface area contributed by atoms with Gasteiger partial charge in [-0.15, -0.1) is 0 Å². The van der Waals surface area contributed by atoms with Crippen molar-refractivity contribution in [3.05, 3.63) is 17.7 Å². The molecular weight excluding hydrogens is 172 g/mol. The van der Waals surface area contributed by atoms with E-state index in [1.807, 2.05) is 13.8 Å². The SMILES string of the molecule is CC(C)c1ncc(O)c(C(=O)O)n1. The predicted octanol–water partition coefficient (Wildman–Crippen LogP) is 1.00. The van der Waals surface area contributed by atoms with Crippen LogP contribution >= 0.6 is 0 Å². The topological polar surface area (TPSA) is 83.3 Å². The Labute approximate surface area is 75.1 Å². The van der Waals surface area contributed by atoms with Crippen molar-refractivity contribution < 1.29 is 15.0 Å². The molecule has 0 saturated carbocycles. The molecule has 70 valence electrons. The van der Waals surface area contributed by atoms with E-state index >= 15 is 0 Å². The van der Waals surface area contributed by atoms with Gasteiger partial charge in [-0.05, 0) is 0 Å². The van der Waals surface area contributed by atoms with Gasteiger partial charge >= 0.3 is 5.97 Å². The summed E-state index contributed by atoms with van der Waals surface area (Å²) in [5, 5.41) is 17.7. The second kappa shape index (κ2) is 3.38. The van der Waals surface area contributed by atoms with Gasteiger partial charge in [0.25, 0.3) is 0 Å². The van der Waals surface area contributed by atoms with Gasteiger partial charge < -0.3 is 10.2 Å². The average molecular weight is 182 g/mol. The Hall–Kier alpha value is -1.65. The number of aromatic carboxylic acids is 1. The van der Waals surface area contributed by atoms with Crippen LogP contribution in [0.15, 0.2) is 6.20 Å². The summed E-state index contributed by atoms with van der Waals surface area (Å²) in [7, 11) is 0. The van der Waals surface area contributed by atoms with E-state index in [1.54, 1.807) is 0 Å². The normalized spacial score (nSPS) is 10.4. The fourth-order valence-electron chi connectivity index (χ4n) is 0.825. The van der Waals surface area contributed by atoms with Gasteiger partial charge in [0.2, 0.25) is 0 Å². The van der Waals surface area contributed by atoms with Crippen molar-refractivity contribution in [3.8, 4) is 5.75 Å². The Kier molecular flexibility index (Phi) is 2.46. The summed E-state index contributed by atoms with van der Waals surface area (Å²) >= 11 is 0. The highest BCUT2D eigenvalue weighted by Crippen LogP contribution is 2.16. The third kappa shape index (κ3) is 1.93. The maximum Gasteiger partial charge on any atom is 0.358 e.